The van der Waals surface area contributed by atoms with Crippen molar-refractivity contribution in [3.05, 3.63) is 60.3 Å². The quantitative estimate of drug-likeness (QED) is 0.460. The summed E-state index contributed by atoms with van der Waals surface area (Å²) >= 11 is 1.50. The monoisotopic (exact) mass is 491 g/mol. The Labute approximate surface area is 207 Å². The molecule has 0 unspecified atom stereocenters. The number of methoxy groups -OCH3 is 1. The molecule has 3 heterocycles. The van der Waals surface area contributed by atoms with Crippen molar-refractivity contribution >= 4 is 35.1 Å². The highest BCUT2D eigenvalue weighted by molar-refractivity contribution is 8.00. The number of nitrogens with one attached hydrogen (secondary N) is 2. The Morgan fingerprint density at radius 2 is 2.14 bits per heavy atom. The fourth-order valence-electron chi connectivity index (χ4n) is 4.06. The lowest BCUT2D eigenvalue weighted by molar-refractivity contribution is -0.113. The maximum absolute atomic E-state index is 12.5. The summed E-state index contributed by atoms with van der Waals surface area (Å²) < 4.78 is 10.8. The summed E-state index contributed by atoms with van der Waals surface area (Å²) in [6.45, 7) is 1.86. The minimum absolute atomic E-state index is 0.0328. The molecular weight excluding hydrogens is 466 g/mol. The number of carbonyl (C=O) groups excluding carboxylic acids is 2. The van der Waals surface area contributed by atoms with E-state index in [1.165, 1.54) is 11.8 Å². The number of aromatic nitrogens is 2. The van der Waals surface area contributed by atoms with Crippen molar-refractivity contribution < 1.29 is 19.1 Å². The molecule has 1 fully saturated rings. The molecular formula is C25H25N5O4S. The van der Waals surface area contributed by atoms with Crippen molar-refractivity contribution in [3.63, 3.8) is 0 Å². The fraction of sp³-hybridized carbons (Fsp3) is 0.280. The Morgan fingerprint density at radius 1 is 1.23 bits per heavy atom. The molecule has 180 valence electrons. The predicted molar refractivity (Wildman–Crippen MR) is 134 cm³/mol. The average Bonchev–Trinajstić information content (AvgIpc) is 3.26. The summed E-state index contributed by atoms with van der Waals surface area (Å²) in [5.41, 5.74) is 4.31. The smallest absolute Gasteiger partial charge is 0.414 e. The number of carbonyl (C=O) groups is 2. The van der Waals surface area contributed by atoms with Gasteiger partial charge in [0.1, 0.15) is 11.9 Å². The number of ether oxygens (including phenoxy) is 2. The average molecular weight is 492 g/mol. The third kappa shape index (κ3) is 5.39. The van der Waals surface area contributed by atoms with E-state index in [-0.39, 0.29) is 18.1 Å². The third-order valence-electron chi connectivity index (χ3n) is 5.84. The molecule has 0 radical (unpaired) electrons. The van der Waals surface area contributed by atoms with Crippen LogP contribution < -0.4 is 20.3 Å². The van der Waals surface area contributed by atoms with Gasteiger partial charge >= 0.3 is 6.09 Å². The number of anilines is 2. The van der Waals surface area contributed by atoms with Crippen LogP contribution in [0.2, 0.25) is 0 Å². The maximum Gasteiger partial charge on any atom is 0.414 e. The van der Waals surface area contributed by atoms with Crippen LogP contribution in [-0.2, 0) is 16.1 Å². The molecule has 0 saturated carbocycles. The molecule has 9 nitrogen and oxygen atoms in total. The summed E-state index contributed by atoms with van der Waals surface area (Å²) in [5.74, 6) is 1.04. The van der Waals surface area contributed by atoms with Gasteiger partial charge in [0.25, 0.3) is 0 Å². The lowest BCUT2D eigenvalue weighted by atomic mass is 10.1. The van der Waals surface area contributed by atoms with Crippen molar-refractivity contribution in [2.45, 2.75) is 24.0 Å². The standard InChI is InChI=1S/C25H25N5O4S/c1-33-20-11-21(29-27-13-20)17-4-2-3-16(9-17)12-26-8-7-19-14-30(25(32)34-19)18-5-6-23-22(10-18)28-24(31)15-35-23/h2-6,9-11,13,19,26H,7-8,12,14-15H2,1H3,(H,28,31)/t19-/m1/s1. The molecule has 0 aliphatic carbocycles. The van der Waals surface area contributed by atoms with Gasteiger partial charge in [0, 0.05) is 28.8 Å². The van der Waals surface area contributed by atoms with Crippen LogP contribution in [0, 0.1) is 0 Å². The van der Waals surface area contributed by atoms with Crippen LogP contribution in [0.4, 0.5) is 16.2 Å². The molecule has 2 N–H and O–H groups in total. The number of nitrogens with zero attached hydrogens (tertiary/aromatic N) is 3. The van der Waals surface area contributed by atoms with Gasteiger partial charge in [-0.1, -0.05) is 18.2 Å². The first-order valence-electron chi connectivity index (χ1n) is 11.3. The van der Waals surface area contributed by atoms with Crippen LogP contribution in [0.3, 0.4) is 0 Å². The van der Waals surface area contributed by atoms with E-state index in [2.05, 4.69) is 33.0 Å². The SMILES string of the molecule is COc1cnnc(-c2cccc(CNCC[C@@H]3CN(c4ccc5c(c4)NC(=O)CS5)C(=O)O3)c2)c1. The van der Waals surface area contributed by atoms with Crippen LogP contribution in [-0.4, -0.2) is 54.3 Å². The van der Waals surface area contributed by atoms with Gasteiger partial charge in [-0.2, -0.15) is 10.2 Å². The minimum atomic E-state index is -0.364. The predicted octanol–water partition coefficient (Wildman–Crippen LogP) is 3.70. The zero-order chi connectivity index (χ0) is 24.2. The number of thioether (sulfide) groups is 1. The second-order valence-corrected chi connectivity index (χ2v) is 9.30. The van der Waals surface area contributed by atoms with E-state index in [0.717, 1.165) is 33.1 Å². The number of cyclic esters (lactones) is 1. The Kier molecular flexibility index (Phi) is 6.82. The number of fused-ring (bicyclic) bond motifs is 1. The fourth-order valence-corrected chi connectivity index (χ4v) is 4.85. The molecule has 0 bridgehead atoms. The van der Waals surface area contributed by atoms with E-state index in [9.17, 15) is 9.59 Å². The zero-order valence-corrected chi connectivity index (χ0v) is 20.0. The minimum Gasteiger partial charge on any atom is -0.495 e. The van der Waals surface area contributed by atoms with Crippen molar-refractivity contribution in [1.29, 1.82) is 0 Å². The molecule has 0 spiro atoms. The van der Waals surface area contributed by atoms with Crippen LogP contribution in [0.1, 0.15) is 12.0 Å². The molecule has 5 rings (SSSR count). The van der Waals surface area contributed by atoms with E-state index >= 15 is 0 Å². The van der Waals surface area contributed by atoms with E-state index in [4.69, 9.17) is 9.47 Å². The van der Waals surface area contributed by atoms with Gasteiger partial charge in [-0.15, -0.1) is 11.8 Å². The van der Waals surface area contributed by atoms with Gasteiger partial charge < -0.3 is 20.1 Å². The van der Waals surface area contributed by atoms with E-state index in [1.54, 1.807) is 18.2 Å². The maximum atomic E-state index is 12.5. The molecule has 2 aromatic carbocycles. The number of amides is 2. The van der Waals surface area contributed by atoms with Gasteiger partial charge in [0.05, 0.1) is 37.0 Å². The topological polar surface area (TPSA) is 106 Å². The Morgan fingerprint density at radius 3 is 3.03 bits per heavy atom. The summed E-state index contributed by atoms with van der Waals surface area (Å²) in [6.07, 6.45) is 1.71. The van der Waals surface area contributed by atoms with Gasteiger partial charge in [0.2, 0.25) is 5.91 Å². The lowest BCUT2D eigenvalue weighted by Gasteiger charge is -2.20. The first kappa shape index (κ1) is 23.1. The van der Waals surface area contributed by atoms with Crippen LogP contribution in [0.15, 0.2) is 59.6 Å². The van der Waals surface area contributed by atoms with Crippen molar-refractivity contribution in [3.8, 4) is 17.0 Å². The number of rotatable bonds is 8. The van der Waals surface area contributed by atoms with Crippen LogP contribution >= 0.6 is 11.8 Å². The Balaban J connectivity index is 1.13. The van der Waals surface area contributed by atoms with Gasteiger partial charge in [-0.3, -0.25) is 9.69 Å². The van der Waals surface area contributed by atoms with Crippen LogP contribution in [0.25, 0.3) is 11.3 Å². The van der Waals surface area contributed by atoms with E-state index in [1.807, 2.05) is 36.4 Å². The molecule has 1 saturated heterocycles. The van der Waals surface area contributed by atoms with Crippen molar-refractivity contribution in [1.82, 2.24) is 15.5 Å². The molecule has 2 amide bonds. The lowest BCUT2D eigenvalue weighted by Crippen LogP contribution is -2.26. The van der Waals surface area contributed by atoms with Gasteiger partial charge in [-0.05, 0) is 42.8 Å². The Hall–Kier alpha value is -3.63. The highest BCUT2D eigenvalue weighted by Gasteiger charge is 2.32. The molecule has 3 aromatic rings. The molecule has 10 heteroatoms. The number of hydrogen-bond acceptors (Lipinski definition) is 8. The van der Waals surface area contributed by atoms with Crippen molar-refractivity contribution in [2.24, 2.45) is 0 Å². The largest absolute Gasteiger partial charge is 0.495 e. The summed E-state index contributed by atoms with van der Waals surface area (Å²) in [6, 6.07) is 15.6. The second kappa shape index (κ2) is 10.3. The first-order valence-corrected chi connectivity index (χ1v) is 12.3. The molecule has 1 atom stereocenters. The number of hydrogen-bond donors (Lipinski definition) is 2. The zero-order valence-electron chi connectivity index (χ0n) is 19.2. The molecule has 2 aliphatic heterocycles. The van der Waals surface area contributed by atoms with Crippen molar-refractivity contribution in [2.75, 3.05) is 36.2 Å². The van der Waals surface area contributed by atoms with Gasteiger partial charge in [0.15, 0.2) is 0 Å². The van der Waals surface area contributed by atoms with E-state index < -0.39 is 0 Å². The molecule has 35 heavy (non-hydrogen) atoms. The van der Waals surface area contributed by atoms with Crippen LogP contribution in [0.5, 0.6) is 5.75 Å². The highest BCUT2D eigenvalue weighted by Crippen LogP contribution is 2.35. The normalized spacial score (nSPS) is 17.1. The van der Waals surface area contributed by atoms with E-state index in [0.29, 0.717) is 37.6 Å². The van der Waals surface area contributed by atoms with Gasteiger partial charge in [-0.25, -0.2) is 4.79 Å². The molecule has 2 aliphatic rings. The number of benzene rings is 2. The summed E-state index contributed by atoms with van der Waals surface area (Å²) in [7, 11) is 1.60. The first-order chi connectivity index (χ1) is 17.1. The summed E-state index contributed by atoms with van der Waals surface area (Å²) in [4.78, 5) is 26.8. The Bertz CT molecular complexity index is 1250. The third-order valence-corrected chi connectivity index (χ3v) is 6.92. The summed E-state index contributed by atoms with van der Waals surface area (Å²) in [5, 5.41) is 14.5. The highest BCUT2D eigenvalue weighted by atomic mass is 32.2. The molecule has 1 aromatic heterocycles. The second-order valence-electron chi connectivity index (χ2n) is 8.28.